The molecule has 6 nitrogen and oxygen atoms in total. The topological polar surface area (TPSA) is 84.1 Å². The van der Waals surface area contributed by atoms with Gasteiger partial charge in [0.05, 0.1) is 11.6 Å². The molecule has 0 aliphatic heterocycles. The van der Waals surface area contributed by atoms with Gasteiger partial charge < -0.3 is 14.8 Å². The molecular weight excluding hydrogens is 364 g/mol. The van der Waals surface area contributed by atoms with Gasteiger partial charge in [-0.05, 0) is 72.8 Å². The van der Waals surface area contributed by atoms with Gasteiger partial charge in [-0.2, -0.15) is 0 Å². The zero-order valence-electron chi connectivity index (χ0n) is 17.5. The molecular formula is C23H28N4O2. The van der Waals surface area contributed by atoms with Gasteiger partial charge in [0.15, 0.2) is 0 Å². The molecule has 2 aliphatic rings. The second kappa shape index (κ2) is 6.52. The van der Waals surface area contributed by atoms with E-state index in [0.29, 0.717) is 36.4 Å². The molecule has 3 aromatic rings. The van der Waals surface area contributed by atoms with E-state index in [2.05, 4.69) is 55.3 Å². The van der Waals surface area contributed by atoms with Crippen LogP contribution in [0, 0.1) is 6.92 Å². The zero-order chi connectivity index (χ0) is 20.3. The summed E-state index contributed by atoms with van der Waals surface area (Å²) < 4.78 is 5.84. The summed E-state index contributed by atoms with van der Waals surface area (Å²) >= 11 is 0. The third kappa shape index (κ3) is 3.50. The molecule has 2 heterocycles. The monoisotopic (exact) mass is 392 g/mol. The van der Waals surface area contributed by atoms with Crippen LogP contribution >= 0.6 is 0 Å². The van der Waals surface area contributed by atoms with Gasteiger partial charge in [0.25, 0.3) is 5.89 Å². The van der Waals surface area contributed by atoms with Crippen LogP contribution in [-0.4, -0.2) is 32.4 Å². The van der Waals surface area contributed by atoms with Crippen LogP contribution in [0.3, 0.4) is 0 Å². The van der Waals surface area contributed by atoms with Gasteiger partial charge in [0.2, 0.25) is 0 Å². The Morgan fingerprint density at radius 3 is 2.52 bits per heavy atom. The van der Waals surface area contributed by atoms with Gasteiger partial charge in [-0.25, -0.2) is 4.98 Å². The van der Waals surface area contributed by atoms with Crippen molar-refractivity contribution in [3.05, 3.63) is 34.9 Å². The van der Waals surface area contributed by atoms with Gasteiger partial charge in [0.1, 0.15) is 5.69 Å². The van der Waals surface area contributed by atoms with E-state index in [4.69, 9.17) is 9.40 Å². The van der Waals surface area contributed by atoms with E-state index in [9.17, 15) is 5.11 Å². The number of hydrogen-bond acceptors (Lipinski definition) is 6. The van der Waals surface area contributed by atoms with E-state index in [1.807, 2.05) is 6.07 Å². The molecule has 2 fully saturated rings. The number of anilines is 1. The number of aliphatic hydroxyl groups excluding tert-OH is 1. The summed E-state index contributed by atoms with van der Waals surface area (Å²) in [5, 5.41) is 22.2. The van der Waals surface area contributed by atoms with E-state index in [0.717, 1.165) is 5.52 Å². The van der Waals surface area contributed by atoms with Gasteiger partial charge in [-0.15, -0.1) is 5.10 Å². The van der Waals surface area contributed by atoms with Crippen LogP contribution in [0.2, 0.25) is 0 Å². The maximum absolute atomic E-state index is 9.44. The van der Waals surface area contributed by atoms with Crippen LogP contribution in [0.5, 0.6) is 0 Å². The number of nitrogens with one attached hydrogen (secondary N) is 1. The molecule has 0 bridgehead atoms. The molecule has 2 saturated carbocycles. The van der Waals surface area contributed by atoms with E-state index < -0.39 is 0 Å². The third-order valence-electron chi connectivity index (χ3n) is 6.08. The highest BCUT2D eigenvalue weighted by Gasteiger charge is 2.29. The van der Waals surface area contributed by atoms with Crippen molar-refractivity contribution in [2.45, 2.75) is 76.9 Å². The average Bonchev–Trinajstić information content (AvgIpc) is 3.38. The van der Waals surface area contributed by atoms with Gasteiger partial charge >= 0.3 is 6.01 Å². The molecule has 6 heteroatoms. The third-order valence-corrected chi connectivity index (χ3v) is 6.08. The molecule has 0 radical (unpaired) electrons. The first-order chi connectivity index (χ1) is 13.8. The molecule has 0 atom stereocenters. The Morgan fingerprint density at radius 2 is 1.86 bits per heavy atom. The minimum atomic E-state index is -0.226. The fourth-order valence-corrected chi connectivity index (χ4v) is 4.11. The highest BCUT2D eigenvalue weighted by molar-refractivity contribution is 5.88. The minimum Gasteiger partial charge on any atom is -0.402 e. The molecule has 5 rings (SSSR count). The van der Waals surface area contributed by atoms with E-state index in [1.165, 1.54) is 34.9 Å². The minimum absolute atomic E-state index is 0.00612. The van der Waals surface area contributed by atoms with Crippen molar-refractivity contribution in [2.24, 2.45) is 0 Å². The molecule has 0 unspecified atom stereocenters. The first kappa shape index (κ1) is 18.6. The fraction of sp³-hybridized carbons (Fsp3) is 0.522. The van der Waals surface area contributed by atoms with Crippen molar-refractivity contribution >= 4 is 16.9 Å². The number of nitrogens with zero attached hydrogens (tertiary/aromatic N) is 3. The number of benzene rings is 1. The Bertz CT molecular complexity index is 1070. The highest BCUT2D eigenvalue weighted by Crippen LogP contribution is 2.44. The Labute approximate surface area is 170 Å². The van der Waals surface area contributed by atoms with Crippen LogP contribution in [-0.2, 0) is 5.41 Å². The second-order valence-electron chi connectivity index (χ2n) is 9.69. The second-order valence-corrected chi connectivity index (χ2v) is 9.69. The van der Waals surface area contributed by atoms with E-state index in [-0.39, 0.29) is 17.6 Å². The summed E-state index contributed by atoms with van der Waals surface area (Å²) in [6.07, 6.45) is 3.77. The molecule has 0 spiro atoms. The Balaban J connectivity index is 1.55. The smallest absolute Gasteiger partial charge is 0.316 e. The largest absolute Gasteiger partial charge is 0.402 e. The maximum atomic E-state index is 9.44. The summed E-state index contributed by atoms with van der Waals surface area (Å²) in [5.74, 6) is 1.12. The van der Waals surface area contributed by atoms with Crippen molar-refractivity contribution in [3.8, 4) is 11.6 Å². The van der Waals surface area contributed by atoms with Crippen LogP contribution in [0.4, 0.5) is 6.01 Å². The van der Waals surface area contributed by atoms with Crippen LogP contribution in [0.1, 0.15) is 69.1 Å². The van der Waals surface area contributed by atoms with Gasteiger partial charge in [0, 0.05) is 11.4 Å². The Kier molecular flexibility index (Phi) is 4.17. The van der Waals surface area contributed by atoms with Crippen LogP contribution < -0.4 is 5.32 Å². The lowest BCUT2D eigenvalue weighted by Gasteiger charge is -2.30. The molecule has 0 saturated heterocycles. The van der Waals surface area contributed by atoms with Crippen molar-refractivity contribution in [3.63, 3.8) is 0 Å². The highest BCUT2D eigenvalue weighted by atomic mass is 16.4. The predicted molar refractivity (Wildman–Crippen MR) is 113 cm³/mol. The fourth-order valence-electron chi connectivity index (χ4n) is 4.11. The molecule has 1 aromatic carbocycles. The number of pyridine rings is 1. The Morgan fingerprint density at radius 1 is 1.10 bits per heavy atom. The molecule has 0 amide bonds. The van der Waals surface area contributed by atoms with Crippen molar-refractivity contribution < 1.29 is 9.52 Å². The number of rotatable bonds is 4. The van der Waals surface area contributed by atoms with Crippen molar-refractivity contribution in [2.75, 3.05) is 5.32 Å². The standard InChI is InChI=1S/C23H28N4O2/c1-12-7-19(21-26-27-22(29-21)24-15-10-16(28)11-15)25-20-17(12)8-14(13-5-6-13)9-18(20)23(2,3)4/h7-9,13,15-16,28H,5-6,10-11H2,1-4H3,(H,24,27)/t15-,16+. The van der Waals surface area contributed by atoms with Crippen molar-refractivity contribution in [1.82, 2.24) is 15.2 Å². The van der Waals surface area contributed by atoms with E-state index >= 15 is 0 Å². The molecule has 2 aliphatic carbocycles. The molecule has 152 valence electrons. The van der Waals surface area contributed by atoms with Gasteiger partial charge in [-0.3, -0.25) is 0 Å². The van der Waals surface area contributed by atoms with E-state index in [1.54, 1.807) is 0 Å². The lowest BCUT2D eigenvalue weighted by molar-refractivity contribution is 0.0828. The molecule has 2 N–H and O–H groups in total. The summed E-state index contributed by atoms with van der Waals surface area (Å²) in [4.78, 5) is 4.97. The average molecular weight is 393 g/mol. The number of aliphatic hydroxyl groups is 1. The SMILES string of the molecule is Cc1cc(-c2nnc(N[C@H]3C[C@@H](O)C3)o2)nc2c(C(C)(C)C)cc(C3CC3)cc12. The van der Waals surface area contributed by atoms with Crippen molar-refractivity contribution in [1.29, 1.82) is 0 Å². The number of aromatic nitrogens is 3. The quantitative estimate of drug-likeness (QED) is 0.669. The summed E-state index contributed by atoms with van der Waals surface area (Å²) in [6, 6.07) is 7.28. The summed E-state index contributed by atoms with van der Waals surface area (Å²) in [6.45, 7) is 8.85. The molecule has 2 aromatic heterocycles. The summed E-state index contributed by atoms with van der Waals surface area (Å²) in [7, 11) is 0. The number of hydrogen-bond donors (Lipinski definition) is 2. The number of fused-ring (bicyclic) bond motifs is 1. The normalized spacial score (nSPS) is 22.0. The molecule has 29 heavy (non-hydrogen) atoms. The first-order valence-corrected chi connectivity index (χ1v) is 10.5. The zero-order valence-corrected chi connectivity index (χ0v) is 17.5. The number of aryl methyl sites for hydroxylation is 1. The Hall–Kier alpha value is -2.47. The van der Waals surface area contributed by atoms with Crippen LogP contribution in [0.25, 0.3) is 22.5 Å². The van der Waals surface area contributed by atoms with Gasteiger partial charge in [-0.1, -0.05) is 31.9 Å². The van der Waals surface area contributed by atoms with Crippen LogP contribution in [0.15, 0.2) is 22.6 Å². The maximum Gasteiger partial charge on any atom is 0.316 e. The predicted octanol–water partition coefficient (Wildman–Crippen LogP) is 4.70. The lowest BCUT2D eigenvalue weighted by atomic mass is 9.83. The lowest BCUT2D eigenvalue weighted by Crippen LogP contribution is -2.39. The summed E-state index contributed by atoms with van der Waals surface area (Å²) in [5.41, 5.74) is 5.59. The first-order valence-electron chi connectivity index (χ1n) is 10.5.